The first-order valence-electron chi connectivity index (χ1n) is 40.3. The molecule has 40 nitrogen and oxygen atoms in total. The van der Waals surface area contributed by atoms with Crippen molar-refractivity contribution < 1.29 is 81.8 Å². The average Bonchev–Trinajstić information content (AvgIpc) is 0.801. The van der Waals surface area contributed by atoms with Crippen LogP contribution in [0.1, 0.15) is 142 Å². The SMILES string of the molecule is CC(=O)OCc1ccc(N[C@H](C(=O)C[C@@H](CCCNC(N)=O)C(=O)NCCOCCOCCOCCOCCN(CCCCCNC(=O)CC[C@H](NC(=O)c2ccc(N(C)Cc3cnc4nc(N)nc(N)c4n3)cc2)C(=O)O)CCCCCNC(=O)CC[C@H](NC(=O)c2ccc(N(C)Cc3cnc4nc(N)nc(N)c4n3)cc2)C(=O)O)C(C)C)cc1. The van der Waals surface area contributed by atoms with Crippen LogP contribution in [-0.2, 0) is 76.9 Å². The summed E-state index contributed by atoms with van der Waals surface area (Å²) in [5.41, 5.74) is 34.3. The number of aliphatic carboxylic acids is 2. The molecule has 0 saturated heterocycles. The maximum absolute atomic E-state index is 13.8. The van der Waals surface area contributed by atoms with Gasteiger partial charge in [0.2, 0.25) is 29.6 Å². The van der Waals surface area contributed by atoms with E-state index in [1.807, 2.05) is 37.7 Å². The molecule has 0 aliphatic rings. The molecule has 0 aliphatic heterocycles. The molecule has 3 aromatic carbocycles. The molecule has 19 N–H and O–H groups in total. The third-order valence-corrected chi connectivity index (χ3v) is 19.2. The molecule has 40 heteroatoms. The Morgan fingerprint density at radius 3 is 1.40 bits per heavy atom. The number of aromatic nitrogens is 8. The summed E-state index contributed by atoms with van der Waals surface area (Å²) >= 11 is 0. The van der Waals surface area contributed by atoms with Crippen LogP contribution in [0.5, 0.6) is 0 Å². The second kappa shape index (κ2) is 51.2. The molecule has 7 amide bonds. The Balaban J connectivity index is 0.786. The van der Waals surface area contributed by atoms with Gasteiger partial charge in [0.25, 0.3) is 11.8 Å². The summed E-state index contributed by atoms with van der Waals surface area (Å²) in [6.45, 7) is 11.5. The lowest BCUT2D eigenvalue weighted by Gasteiger charge is -2.25. The summed E-state index contributed by atoms with van der Waals surface area (Å²) in [4.78, 5) is 166. The number of hydrogen-bond donors (Lipinski definition) is 14. The Labute approximate surface area is 701 Å². The maximum atomic E-state index is 13.8. The van der Waals surface area contributed by atoms with Gasteiger partial charge in [-0.25, -0.2) is 34.3 Å². The summed E-state index contributed by atoms with van der Waals surface area (Å²) in [6.07, 6.45) is 7.68. The van der Waals surface area contributed by atoms with Gasteiger partial charge in [-0.3, -0.25) is 33.6 Å². The molecule has 0 spiro atoms. The first kappa shape index (κ1) is 95.7. The van der Waals surface area contributed by atoms with Crippen molar-refractivity contribution in [3.8, 4) is 0 Å². The molecule has 0 saturated carbocycles. The molecular weight excluding hydrogens is 1570 g/mol. The summed E-state index contributed by atoms with van der Waals surface area (Å²) < 4.78 is 28.2. The number of ketones is 1. The molecule has 0 unspecified atom stereocenters. The zero-order valence-electron chi connectivity index (χ0n) is 69.2. The minimum Gasteiger partial charge on any atom is -0.480 e. The van der Waals surface area contributed by atoms with Crippen molar-refractivity contribution in [2.75, 3.05) is 151 Å². The van der Waals surface area contributed by atoms with Crippen molar-refractivity contribution in [3.05, 3.63) is 113 Å². The van der Waals surface area contributed by atoms with Gasteiger partial charge < -0.3 is 114 Å². The smallest absolute Gasteiger partial charge is 0.326 e. The lowest BCUT2D eigenvalue weighted by atomic mass is 9.89. The fourth-order valence-corrected chi connectivity index (χ4v) is 12.6. The van der Waals surface area contributed by atoms with Gasteiger partial charge in [0, 0.05) is 107 Å². The number of unbranched alkanes of at least 4 members (excludes halogenated alkanes) is 4. The number of carbonyl (C=O) groups excluding carboxylic acids is 8. The minimum absolute atomic E-state index is 0.0149. The van der Waals surface area contributed by atoms with Crippen LogP contribution >= 0.6 is 0 Å². The number of Topliss-reactive ketones (excluding diaryl/α,β-unsaturated/α-hetero) is 1. The number of anilines is 7. The summed E-state index contributed by atoms with van der Waals surface area (Å²) in [5.74, 6) is -5.99. The number of amides is 7. The number of rotatable bonds is 58. The number of esters is 1. The summed E-state index contributed by atoms with van der Waals surface area (Å²) in [5, 5.41) is 39.5. The number of benzene rings is 3. The molecular formula is C81H115N23O17. The van der Waals surface area contributed by atoms with Crippen molar-refractivity contribution in [3.63, 3.8) is 0 Å². The number of nitrogen functional groups attached to an aromatic ring is 4. The fraction of sp³-hybridized carbons (Fsp3) is 0.506. The lowest BCUT2D eigenvalue weighted by Crippen LogP contribution is -2.41. The number of nitrogens with one attached hydrogen (secondary N) is 7. The second-order valence-electron chi connectivity index (χ2n) is 29.2. The molecule has 7 rings (SSSR count). The molecule has 0 radical (unpaired) electrons. The van der Waals surface area contributed by atoms with Crippen LogP contribution < -0.4 is 75.7 Å². The fourth-order valence-electron chi connectivity index (χ4n) is 12.6. The van der Waals surface area contributed by atoms with Crippen LogP contribution in [-0.4, -0.2) is 245 Å². The van der Waals surface area contributed by atoms with Crippen molar-refractivity contribution in [2.45, 2.75) is 142 Å². The minimum atomic E-state index is -1.33. The van der Waals surface area contributed by atoms with E-state index in [4.69, 9.17) is 52.4 Å². The predicted molar refractivity (Wildman–Crippen MR) is 452 cm³/mol. The number of primary amides is 1. The highest BCUT2D eigenvalue weighted by atomic mass is 16.6. The Morgan fingerprint density at radius 1 is 0.496 bits per heavy atom. The number of urea groups is 1. The van der Waals surface area contributed by atoms with E-state index in [1.54, 1.807) is 85.2 Å². The number of carboxylic acid groups (broad SMARTS) is 2. The second-order valence-corrected chi connectivity index (χ2v) is 29.2. The largest absolute Gasteiger partial charge is 0.480 e. The van der Waals surface area contributed by atoms with E-state index in [-0.39, 0.29) is 147 Å². The van der Waals surface area contributed by atoms with Crippen molar-refractivity contribution in [1.29, 1.82) is 0 Å². The van der Waals surface area contributed by atoms with Gasteiger partial charge in [0.05, 0.1) is 95.8 Å². The van der Waals surface area contributed by atoms with Gasteiger partial charge in [-0.15, -0.1) is 0 Å². The summed E-state index contributed by atoms with van der Waals surface area (Å²) in [6, 6.07) is 16.3. The van der Waals surface area contributed by atoms with Gasteiger partial charge >= 0.3 is 23.9 Å². The number of ether oxygens (including phenoxy) is 5. The standard InChI is InChI=1S/C81H115N23O17/c1-51(2)67(93-57-20-14-53(15-21-57)50-121-52(3)105)64(106)45-56(13-12-32-90-81(86)116)74(109)89-33-37-117-39-41-119-43-44-120-42-40-118-38-36-104(34-10-6-8-30-87-65(107)28-26-62(77(112)113)96-75(110)54-16-22-60(23-17-54)102(4)48-58-46-91-72-68(94-58)70(82)98-79(84)100-72)35-11-7-9-31-88-66(108)29-27-63(78(114)115)97-76(111)55-18-24-61(25-19-55)103(5)49-59-47-92-73-69(95-59)71(83)99-80(85)101-73/h14-25,46-47,51,56,62-63,67,93H,6-13,26-45,48-50H2,1-5H3,(H,87,107)(H,88,108)(H,89,109)(H,96,110)(H,97,111)(H,112,113)(H,114,115)(H3,86,90,116)(H4,82,84,91,98,100)(H4,83,85,92,99,101)/t56-,62+,63+,67+/m1/s1. The average molecular weight is 1680 g/mol. The highest BCUT2D eigenvalue weighted by Gasteiger charge is 2.30. The van der Waals surface area contributed by atoms with E-state index in [2.05, 4.69) is 82.0 Å². The number of fused-ring (bicyclic) bond motifs is 2. The van der Waals surface area contributed by atoms with Gasteiger partial charge in [0.1, 0.15) is 18.7 Å². The zero-order valence-corrected chi connectivity index (χ0v) is 69.2. The highest BCUT2D eigenvalue weighted by Crippen LogP contribution is 2.24. The number of nitrogens with zero attached hydrogens (tertiary/aromatic N) is 11. The number of hydrogen-bond acceptors (Lipinski definition) is 31. The van der Waals surface area contributed by atoms with Crippen LogP contribution in [0.15, 0.2) is 85.2 Å². The van der Waals surface area contributed by atoms with Crippen molar-refractivity contribution >= 4 is 122 Å². The zero-order chi connectivity index (χ0) is 87.6. The van der Waals surface area contributed by atoms with Gasteiger partial charge in [-0.2, -0.15) is 19.9 Å². The molecule has 7 aromatic rings. The lowest BCUT2D eigenvalue weighted by molar-refractivity contribution is -0.142. The molecule has 4 atom stereocenters. The first-order valence-corrected chi connectivity index (χ1v) is 40.3. The van der Waals surface area contributed by atoms with E-state index in [0.717, 1.165) is 55.7 Å². The normalized spacial score (nSPS) is 12.3. The summed E-state index contributed by atoms with van der Waals surface area (Å²) in [7, 11) is 3.64. The maximum Gasteiger partial charge on any atom is 0.326 e. The number of nitrogens with two attached hydrogens (primary N) is 5. The van der Waals surface area contributed by atoms with E-state index in [0.29, 0.717) is 120 Å². The third kappa shape index (κ3) is 34.8. The molecule has 0 fully saturated rings. The third-order valence-electron chi connectivity index (χ3n) is 19.2. The van der Waals surface area contributed by atoms with E-state index < -0.39 is 59.8 Å². The Morgan fingerprint density at radius 2 is 0.950 bits per heavy atom. The van der Waals surface area contributed by atoms with E-state index in [9.17, 15) is 58.2 Å². The number of carbonyl (C=O) groups is 10. The monoisotopic (exact) mass is 1680 g/mol. The molecule has 0 bridgehead atoms. The molecule has 0 aliphatic carbocycles. The molecule has 121 heavy (non-hydrogen) atoms. The predicted octanol–water partition coefficient (Wildman–Crippen LogP) is 3.66. The molecule has 656 valence electrons. The van der Waals surface area contributed by atoms with Crippen LogP contribution in [0.3, 0.4) is 0 Å². The van der Waals surface area contributed by atoms with E-state index >= 15 is 0 Å². The highest BCUT2D eigenvalue weighted by molar-refractivity contribution is 5.98. The topological polar surface area (TPSA) is 584 Å². The van der Waals surface area contributed by atoms with Crippen molar-refractivity contribution in [1.82, 2.24) is 76.7 Å². The van der Waals surface area contributed by atoms with E-state index in [1.165, 1.54) is 6.92 Å². The van der Waals surface area contributed by atoms with Crippen LogP contribution in [0, 0.1) is 11.8 Å². The Kier molecular flexibility index (Phi) is 40.5. The Bertz CT molecular complexity index is 4310. The Hall–Kier alpha value is -12.4. The molecule has 4 heterocycles. The number of carboxylic acids is 2. The van der Waals surface area contributed by atoms with Gasteiger partial charge in [-0.05, 0) is 137 Å². The van der Waals surface area contributed by atoms with Crippen LogP contribution in [0.2, 0.25) is 0 Å². The molecule has 4 aromatic heterocycles. The van der Waals surface area contributed by atoms with Gasteiger partial charge in [0.15, 0.2) is 39.7 Å². The van der Waals surface area contributed by atoms with Crippen LogP contribution in [0.25, 0.3) is 22.3 Å². The quantitative estimate of drug-likeness (QED) is 0.0191. The van der Waals surface area contributed by atoms with Crippen molar-refractivity contribution in [2.24, 2.45) is 17.6 Å². The van der Waals surface area contributed by atoms with Gasteiger partial charge in [-0.1, -0.05) is 38.8 Å². The first-order chi connectivity index (χ1) is 58.1. The van der Waals surface area contributed by atoms with Crippen LogP contribution in [0.4, 0.5) is 45.4 Å².